The molecule has 3 nitrogen and oxygen atoms in total. The van der Waals surface area contributed by atoms with Crippen molar-refractivity contribution in [3.63, 3.8) is 0 Å². The van der Waals surface area contributed by atoms with Crippen molar-refractivity contribution >= 4 is 16.7 Å². The van der Waals surface area contributed by atoms with Gasteiger partial charge in [-0.25, -0.2) is 0 Å². The van der Waals surface area contributed by atoms with Gasteiger partial charge in [-0.05, 0) is 22.6 Å². The summed E-state index contributed by atoms with van der Waals surface area (Å²) in [5.41, 5.74) is 3.74. The van der Waals surface area contributed by atoms with E-state index in [1.54, 1.807) is 0 Å². The van der Waals surface area contributed by atoms with Crippen LogP contribution in [-0.2, 0) is 30.3 Å². The monoisotopic (exact) mass is 637 g/mol. The molecule has 2 aromatic carbocycles. The van der Waals surface area contributed by atoms with E-state index >= 15 is 0 Å². The Morgan fingerprint density at radius 2 is 1.47 bits per heavy atom. The normalized spacial score (nSPS) is 12.4. The van der Waals surface area contributed by atoms with E-state index in [1.165, 1.54) is 17.0 Å². The number of hydrogen-bond acceptors (Lipinski definition) is 3. The molecule has 0 saturated carbocycles. The average molecular weight is 637 g/mol. The smallest absolute Gasteiger partial charge is 0.164 e. The molecule has 0 fully saturated rings. The van der Waals surface area contributed by atoms with Gasteiger partial charge in [-0.3, -0.25) is 9.78 Å². The van der Waals surface area contributed by atoms with Crippen molar-refractivity contribution in [3.8, 4) is 11.3 Å². The van der Waals surface area contributed by atoms with Crippen LogP contribution in [0.5, 0.6) is 0 Å². The molecule has 185 valence electrons. The van der Waals surface area contributed by atoms with Crippen LogP contribution in [0.25, 0.3) is 22.2 Å². The van der Waals surface area contributed by atoms with Crippen molar-refractivity contribution in [3.05, 3.63) is 78.1 Å². The van der Waals surface area contributed by atoms with Gasteiger partial charge < -0.3 is 5.11 Å². The number of rotatable bonds is 2. The molecule has 3 rings (SSSR count). The Bertz CT molecular complexity index is 1130. The van der Waals surface area contributed by atoms with Gasteiger partial charge in [0.25, 0.3) is 0 Å². The van der Waals surface area contributed by atoms with Gasteiger partial charge >= 0.3 is 0 Å². The van der Waals surface area contributed by atoms with Crippen LogP contribution in [0.3, 0.4) is 0 Å². The molecule has 0 atom stereocenters. The number of para-hydroxylation sites is 1. The van der Waals surface area contributed by atoms with Crippen molar-refractivity contribution in [2.75, 3.05) is 0 Å². The molecule has 0 bridgehead atoms. The van der Waals surface area contributed by atoms with Gasteiger partial charge in [0, 0.05) is 37.0 Å². The summed E-state index contributed by atoms with van der Waals surface area (Å²) in [5.74, 6) is 0.104. The van der Waals surface area contributed by atoms with Crippen LogP contribution in [0.15, 0.2) is 66.4 Å². The number of aliphatic hydroxyl groups is 1. The number of pyridine rings is 1. The predicted octanol–water partition coefficient (Wildman–Crippen LogP) is 8.09. The van der Waals surface area contributed by atoms with Crippen molar-refractivity contribution in [2.45, 2.75) is 67.7 Å². The van der Waals surface area contributed by atoms with Gasteiger partial charge in [0.2, 0.25) is 0 Å². The Morgan fingerprint density at radius 3 is 1.97 bits per heavy atom. The number of hydrogen-bond donors (Lipinski definition) is 1. The molecule has 0 aliphatic carbocycles. The summed E-state index contributed by atoms with van der Waals surface area (Å²) in [4.78, 5) is 16.2. The van der Waals surface area contributed by atoms with E-state index in [0.717, 1.165) is 16.8 Å². The molecule has 34 heavy (non-hydrogen) atoms. The fourth-order valence-electron chi connectivity index (χ4n) is 2.82. The Kier molecular flexibility index (Phi) is 9.99. The number of carbonyl (C=O) groups is 1. The maximum Gasteiger partial charge on any atom is 0.164 e. The summed E-state index contributed by atoms with van der Waals surface area (Å²) >= 11 is 0. The van der Waals surface area contributed by atoms with Crippen molar-refractivity contribution in [2.24, 2.45) is 10.8 Å². The first kappa shape index (κ1) is 29.7. The van der Waals surface area contributed by atoms with Crippen LogP contribution in [0.2, 0.25) is 0 Å². The van der Waals surface area contributed by atoms with Crippen molar-refractivity contribution in [1.29, 1.82) is 0 Å². The first-order chi connectivity index (χ1) is 15.1. The van der Waals surface area contributed by atoms with Crippen LogP contribution < -0.4 is 0 Å². The number of allylic oxidation sites excluding steroid dienone is 2. The van der Waals surface area contributed by atoms with E-state index in [-0.39, 0.29) is 42.5 Å². The molecule has 0 aliphatic rings. The number of benzene rings is 2. The Morgan fingerprint density at radius 1 is 0.853 bits per heavy atom. The second-order valence-corrected chi connectivity index (χ2v) is 11.5. The van der Waals surface area contributed by atoms with Crippen LogP contribution >= 0.6 is 0 Å². The zero-order valence-corrected chi connectivity index (χ0v) is 24.3. The van der Waals surface area contributed by atoms with E-state index < -0.39 is 5.41 Å². The number of aliphatic hydroxyl groups excluding tert-OH is 1. The number of fused-ring (bicyclic) bond motifs is 1. The van der Waals surface area contributed by atoms with E-state index in [1.807, 2.05) is 59.7 Å². The molecule has 4 heteroatoms. The summed E-state index contributed by atoms with van der Waals surface area (Å²) in [5, 5.41) is 10.7. The maximum atomic E-state index is 11.5. The Labute approximate surface area is 219 Å². The molecule has 1 heterocycles. The molecule has 1 N–H and O–H groups in total. The number of carbonyl (C=O) groups excluding carboxylic acids is 1. The standard InChI is InChI=1S/C19H18N.C11H20O2.Ir/c1-19(2,3)16-11-8-15(9-12-16)18-13-10-14-6-4-5-7-17(14)20-18;1-10(2,3)8(12)7-9(13)11(4,5)6;/h4-8,10-13H,1-3H3;7,12H,1-6H3;/q-1;;/b;8-7-;. The minimum absolute atomic E-state index is 0. The zero-order valence-electron chi connectivity index (χ0n) is 21.9. The van der Waals surface area contributed by atoms with Gasteiger partial charge in [-0.2, -0.15) is 0 Å². The van der Waals surface area contributed by atoms with Crippen LogP contribution in [-0.4, -0.2) is 15.9 Å². The van der Waals surface area contributed by atoms with Crippen LogP contribution in [0.4, 0.5) is 0 Å². The first-order valence-electron chi connectivity index (χ1n) is 11.4. The third-order valence-corrected chi connectivity index (χ3v) is 5.33. The molecule has 0 aliphatic heterocycles. The molecule has 1 radical (unpaired) electrons. The molecule has 0 amide bonds. The second kappa shape index (κ2) is 11.4. The zero-order chi connectivity index (χ0) is 25.0. The van der Waals surface area contributed by atoms with Gasteiger partial charge in [-0.1, -0.05) is 92.6 Å². The number of nitrogens with zero attached hydrogens (tertiary/aromatic N) is 1. The minimum Gasteiger partial charge on any atom is -0.512 e. The Hall–Kier alpha value is -2.29. The summed E-state index contributed by atoms with van der Waals surface area (Å²) in [6, 6.07) is 22.1. The summed E-state index contributed by atoms with van der Waals surface area (Å²) in [7, 11) is 0. The van der Waals surface area contributed by atoms with Gasteiger partial charge in [0.15, 0.2) is 5.78 Å². The second-order valence-electron chi connectivity index (χ2n) is 11.5. The van der Waals surface area contributed by atoms with Gasteiger partial charge in [0.05, 0.1) is 5.52 Å². The fourth-order valence-corrected chi connectivity index (χ4v) is 2.82. The summed E-state index contributed by atoms with van der Waals surface area (Å²) < 4.78 is 0. The van der Waals surface area contributed by atoms with Gasteiger partial charge in [-0.15, -0.1) is 35.4 Å². The third kappa shape index (κ3) is 8.49. The van der Waals surface area contributed by atoms with Gasteiger partial charge in [0.1, 0.15) is 5.76 Å². The van der Waals surface area contributed by atoms with E-state index in [9.17, 15) is 9.90 Å². The van der Waals surface area contributed by atoms with E-state index in [2.05, 4.69) is 63.2 Å². The molecular formula is C30H38IrNO2-. The van der Waals surface area contributed by atoms with Crippen LogP contribution in [0, 0.1) is 16.9 Å². The first-order valence-corrected chi connectivity index (χ1v) is 11.4. The van der Waals surface area contributed by atoms with Crippen molar-refractivity contribution < 1.29 is 30.0 Å². The topological polar surface area (TPSA) is 50.2 Å². The summed E-state index contributed by atoms with van der Waals surface area (Å²) in [6.45, 7) is 17.8. The van der Waals surface area contributed by atoms with E-state index in [0.29, 0.717) is 0 Å². The average Bonchev–Trinajstić information content (AvgIpc) is 2.72. The molecular weight excluding hydrogens is 599 g/mol. The number of aromatic nitrogens is 1. The molecule has 0 spiro atoms. The minimum atomic E-state index is -0.417. The quantitative estimate of drug-likeness (QED) is 0.176. The van der Waals surface area contributed by atoms with Crippen LogP contribution in [0.1, 0.15) is 67.9 Å². The molecule has 0 saturated heterocycles. The molecule has 1 aromatic heterocycles. The maximum absolute atomic E-state index is 11.5. The fraction of sp³-hybridized carbons (Fsp3) is 0.400. The predicted molar refractivity (Wildman–Crippen MR) is 139 cm³/mol. The largest absolute Gasteiger partial charge is 0.512 e. The molecule has 0 unspecified atom stereocenters. The van der Waals surface area contributed by atoms with E-state index in [4.69, 9.17) is 4.98 Å². The van der Waals surface area contributed by atoms with Crippen molar-refractivity contribution in [1.82, 2.24) is 4.98 Å². The third-order valence-electron chi connectivity index (χ3n) is 5.33. The summed E-state index contributed by atoms with van der Waals surface area (Å²) in [6.07, 6.45) is 1.33. The SMILES string of the molecule is CC(C)(C)C(=O)/C=C(\O)C(C)(C)C.CC(C)(C)c1c[c-]c(-c2ccc3ccccc3n2)cc1.[Ir]. The Balaban J connectivity index is 0.000000364. The molecule has 3 aromatic rings. The number of ketones is 1.